The molecule has 1 fully saturated rings. The fourth-order valence-electron chi connectivity index (χ4n) is 3.44. The Morgan fingerprint density at radius 2 is 2.08 bits per heavy atom. The maximum absolute atomic E-state index is 5.79. The Kier molecular flexibility index (Phi) is 6.00. The lowest BCUT2D eigenvalue weighted by atomic mass is 10.1. The molecule has 2 heterocycles. The van der Waals surface area contributed by atoms with Gasteiger partial charge in [0.1, 0.15) is 11.6 Å². The Bertz CT molecular complexity index is 689. The summed E-state index contributed by atoms with van der Waals surface area (Å²) in [7, 11) is 4.13. The van der Waals surface area contributed by atoms with Crippen LogP contribution in [0.1, 0.15) is 42.9 Å². The van der Waals surface area contributed by atoms with E-state index in [1.165, 1.54) is 12.0 Å². The SMILES string of the molecule is CCOc1ccccc1CN1CCC[C@@H]1c1nccc(CN(C)C)n1. The topological polar surface area (TPSA) is 41.5 Å². The van der Waals surface area contributed by atoms with Crippen molar-refractivity contribution < 1.29 is 4.74 Å². The van der Waals surface area contributed by atoms with E-state index in [9.17, 15) is 0 Å². The second-order valence-corrected chi connectivity index (χ2v) is 6.81. The van der Waals surface area contributed by atoms with Gasteiger partial charge in [-0.15, -0.1) is 0 Å². The molecular formula is C20H28N4O. The van der Waals surface area contributed by atoms with Crippen LogP contribution in [-0.4, -0.2) is 47.0 Å². The first kappa shape index (κ1) is 17.8. The molecule has 0 saturated carbocycles. The zero-order chi connectivity index (χ0) is 17.6. The van der Waals surface area contributed by atoms with Crippen molar-refractivity contribution in [3.05, 3.63) is 53.6 Å². The van der Waals surface area contributed by atoms with Crippen LogP contribution >= 0.6 is 0 Å². The minimum absolute atomic E-state index is 0.289. The molecule has 1 saturated heterocycles. The van der Waals surface area contributed by atoms with Crippen LogP contribution in [0, 0.1) is 0 Å². The van der Waals surface area contributed by atoms with Gasteiger partial charge in [0.25, 0.3) is 0 Å². The molecule has 0 N–H and O–H groups in total. The largest absolute Gasteiger partial charge is 0.494 e. The maximum atomic E-state index is 5.79. The molecule has 1 aromatic carbocycles. The predicted molar refractivity (Wildman–Crippen MR) is 99.4 cm³/mol. The molecule has 1 aliphatic heterocycles. The van der Waals surface area contributed by atoms with Gasteiger partial charge >= 0.3 is 0 Å². The highest BCUT2D eigenvalue weighted by Crippen LogP contribution is 2.33. The van der Waals surface area contributed by atoms with E-state index in [1.54, 1.807) is 0 Å². The number of benzene rings is 1. The molecule has 0 unspecified atom stereocenters. The lowest BCUT2D eigenvalue weighted by molar-refractivity contribution is 0.233. The summed E-state index contributed by atoms with van der Waals surface area (Å²) in [5.74, 6) is 1.93. The van der Waals surface area contributed by atoms with Crippen molar-refractivity contribution in [1.29, 1.82) is 0 Å². The molecule has 1 atom stereocenters. The zero-order valence-electron chi connectivity index (χ0n) is 15.5. The number of rotatable bonds is 7. The molecule has 0 aliphatic carbocycles. The summed E-state index contributed by atoms with van der Waals surface area (Å²) in [5.41, 5.74) is 2.32. The average Bonchev–Trinajstić information content (AvgIpc) is 3.05. The van der Waals surface area contributed by atoms with Crippen LogP contribution in [0.2, 0.25) is 0 Å². The first-order valence-corrected chi connectivity index (χ1v) is 9.08. The van der Waals surface area contributed by atoms with Crippen LogP contribution in [0.3, 0.4) is 0 Å². The minimum atomic E-state index is 0.289. The third-order valence-electron chi connectivity index (χ3n) is 4.52. The van der Waals surface area contributed by atoms with Crippen molar-refractivity contribution in [2.24, 2.45) is 0 Å². The van der Waals surface area contributed by atoms with E-state index in [4.69, 9.17) is 9.72 Å². The van der Waals surface area contributed by atoms with Gasteiger partial charge in [-0.05, 0) is 52.5 Å². The van der Waals surface area contributed by atoms with Crippen LogP contribution < -0.4 is 4.74 Å². The third kappa shape index (κ3) is 4.55. The Morgan fingerprint density at radius 3 is 2.88 bits per heavy atom. The van der Waals surface area contributed by atoms with E-state index in [1.807, 2.05) is 25.3 Å². The van der Waals surface area contributed by atoms with Crippen LogP contribution in [0.25, 0.3) is 0 Å². The van der Waals surface area contributed by atoms with Crippen LogP contribution in [0.15, 0.2) is 36.5 Å². The Morgan fingerprint density at radius 1 is 1.24 bits per heavy atom. The monoisotopic (exact) mass is 340 g/mol. The van der Waals surface area contributed by atoms with Crippen molar-refractivity contribution in [2.75, 3.05) is 27.2 Å². The molecule has 1 aliphatic rings. The molecule has 25 heavy (non-hydrogen) atoms. The fourth-order valence-corrected chi connectivity index (χ4v) is 3.44. The van der Waals surface area contributed by atoms with E-state index in [0.29, 0.717) is 6.61 Å². The van der Waals surface area contributed by atoms with Crippen molar-refractivity contribution in [3.63, 3.8) is 0 Å². The Balaban J connectivity index is 1.77. The average molecular weight is 340 g/mol. The third-order valence-corrected chi connectivity index (χ3v) is 4.52. The highest BCUT2D eigenvalue weighted by molar-refractivity contribution is 5.33. The van der Waals surface area contributed by atoms with E-state index < -0.39 is 0 Å². The Labute approximate surface area is 150 Å². The summed E-state index contributed by atoms with van der Waals surface area (Å²) in [6, 6.07) is 10.6. The van der Waals surface area contributed by atoms with Gasteiger partial charge in [-0.25, -0.2) is 9.97 Å². The van der Waals surface area contributed by atoms with Crippen molar-refractivity contribution in [2.45, 2.75) is 38.9 Å². The standard InChI is InChI=1S/C20H28N4O/c1-4-25-19-10-6-5-8-16(19)14-24-13-7-9-18(24)20-21-12-11-17(22-20)15-23(2)3/h5-6,8,10-12,18H,4,7,9,13-15H2,1-3H3/t18-/m1/s1. The Hall–Kier alpha value is -1.98. The van der Waals surface area contributed by atoms with Gasteiger partial charge in [0.2, 0.25) is 0 Å². The number of likely N-dealkylation sites (tertiary alicyclic amines) is 1. The molecule has 1 aromatic heterocycles. The minimum Gasteiger partial charge on any atom is -0.494 e. The first-order chi connectivity index (χ1) is 12.2. The maximum Gasteiger partial charge on any atom is 0.145 e. The number of nitrogens with zero attached hydrogens (tertiary/aromatic N) is 4. The summed E-state index contributed by atoms with van der Waals surface area (Å²) in [4.78, 5) is 14.0. The molecule has 2 aromatic rings. The molecule has 0 bridgehead atoms. The number of aromatic nitrogens is 2. The van der Waals surface area contributed by atoms with Gasteiger partial charge < -0.3 is 9.64 Å². The molecule has 5 heteroatoms. The zero-order valence-corrected chi connectivity index (χ0v) is 15.5. The summed E-state index contributed by atoms with van der Waals surface area (Å²) in [6.45, 7) is 5.51. The molecule has 0 amide bonds. The van der Waals surface area contributed by atoms with Crippen molar-refractivity contribution in [3.8, 4) is 5.75 Å². The van der Waals surface area contributed by atoms with E-state index in [0.717, 1.165) is 43.3 Å². The summed E-state index contributed by atoms with van der Waals surface area (Å²) < 4.78 is 5.79. The fraction of sp³-hybridized carbons (Fsp3) is 0.500. The molecular weight excluding hydrogens is 312 g/mol. The second-order valence-electron chi connectivity index (χ2n) is 6.81. The van der Waals surface area contributed by atoms with E-state index in [2.05, 4.69) is 47.1 Å². The van der Waals surface area contributed by atoms with Crippen LogP contribution in [0.4, 0.5) is 0 Å². The number of para-hydroxylation sites is 1. The van der Waals surface area contributed by atoms with Crippen molar-refractivity contribution in [1.82, 2.24) is 19.8 Å². The lowest BCUT2D eigenvalue weighted by Crippen LogP contribution is -2.25. The number of hydrogen-bond acceptors (Lipinski definition) is 5. The lowest BCUT2D eigenvalue weighted by Gasteiger charge is -2.24. The smallest absolute Gasteiger partial charge is 0.145 e. The van der Waals surface area contributed by atoms with Crippen LogP contribution in [-0.2, 0) is 13.1 Å². The van der Waals surface area contributed by atoms with Gasteiger partial charge in [0, 0.05) is 24.8 Å². The predicted octanol–water partition coefficient (Wildman–Crippen LogP) is 3.27. The highest BCUT2D eigenvalue weighted by atomic mass is 16.5. The van der Waals surface area contributed by atoms with E-state index >= 15 is 0 Å². The highest BCUT2D eigenvalue weighted by Gasteiger charge is 2.29. The van der Waals surface area contributed by atoms with E-state index in [-0.39, 0.29) is 6.04 Å². The summed E-state index contributed by atoms with van der Waals surface area (Å²) in [5, 5.41) is 0. The van der Waals surface area contributed by atoms with Gasteiger partial charge in [0.05, 0.1) is 18.3 Å². The van der Waals surface area contributed by atoms with Gasteiger partial charge in [0.15, 0.2) is 0 Å². The first-order valence-electron chi connectivity index (χ1n) is 9.08. The molecule has 5 nitrogen and oxygen atoms in total. The second kappa shape index (κ2) is 8.41. The summed E-state index contributed by atoms with van der Waals surface area (Å²) >= 11 is 0. The van der Waals surface area contributed by atoms with Gasteiger partial charge in [-0.1, -0.05) is 18.2 Å². The molecule has 3 rings (SSSR count). The normalized spacial score (nSPS) is 18.0. The molecule has 0 radical (unpaired) electrons. The quantitative estimate of drug-likeness (QED) is 0.774. The molecule has 0 spiro atoms. The van der Waals surface area contributed by atoms with Crippen molar-refractivity contribution >= 4 is 0 Å². The number of hydrogen-bond donors (Lipinski definition) is 0. The number of ether oxygens (including phenoxy) is 1. The van der Waals surface area contributed by atoms with Gasteiger partial charge in [-0.3, -0.25) is 4.90 Å². The van der Waals surface area contributed by atoms with Crippen LogP contribution in [0.5, 0.6) is 5.75 Å². The van der Waals surface area contributed by atoms with Gasteiger partial charge in [-0.2, -0.15) is 0 Å². The molecule has 134 valence electrons. The summed E-state index contributed by atoms with van der Waals surface area (Å²) in [6.07, 6.45) is 4.19.